The topological polar surface area (TPSA) is 76.7 Å². The van der Waals surface area contributed by atoms with Gasteiger partial charge in [0.1, 0.15) is 11.5 Å². The first-order valence-electron chi connectivity index (χ1n) is 8.80. The van der Waals surface area contributed by atoms with Gasteiger partial charge in [0.25, 0.3) is 5.91 Å². The Kier molecular flexibility index (Phi) is 8.20. The molecule has 8 heteroatoms. The van der Waals surface area contributed by atoms with E-state index in [0.29, 0.717) is 30.9 Å². The van der Waals surface area contributed by atoms with Crippen LogP contribution in [0.2, 0.25) is 0 Å². The van der Waals surface area contributed by atoms with Crippen LogP contribution in [0.4, 0.5) is 8.78 Å². The van der Waals surface area contributed by atoms with Gasteiger partial charge in [0, 0.05) is 6.54 Å². The van der Waals surface area contributed by atoms with Gasteiger partial charge in [-0.3, -0.25) is 9.59 Å². The van der Waals surface area contributed by atoms with Crippen molar-refractivity contribution in [2.45, 2.75) is 20.0 Å². The fourth-order valence-corrected chi connectivity index (χ4v) is 2.44. The van der Waals surface area contributed by atoms with Gasteiger partial charge in [-0.05, 0) is 43.2 Å². The van der Waals surface area contributed by atoms with Crippen LogP contribution < -0.4 is 20.1 Å². The van der Waals surface area contributed by atoms with Crippen molar-refractivity contribution in [3.63, 3.8) is 0 Å². The highest BCUT2D eigenvalue weighted by Crippen LogP contribution is 2.17. The number of carbonyl (C=O) groups excluding carboxylic acids is 2. The molecule has 0 spiro atoms. The molecule has 0 aliphatic carbocycles. The monoisotopic (exact) mass is 392 g/mol. The van der Waals surface area contributed by atoms with Gasteiger partial charge >= 0.3 is 6.61 Å². The van der Waals surface area contributed by atoms with Crippen molar-refractivity contribution in [3.05, 3.63) is 59.7 Å². The van der Waals surface area contributed by atoms with Gasteiger partial charge < -0.3 is 20.1 Å². The van der Waals surface area contributed by atoms with Crippen molar-refractivity contribution in [2.75, 3.05) is 19.7 Å². The van der Waals surface area contributed by atoms with Crippen LogP contribution in [0.1, 0.15) is 22.8 Å². The molecule has 2 aromatic rings. The van der Waals surface area contributed by atoms with Crippen LogP contribution in [0.5, 0.6) is 11.5 Å². The van der Waals surface area contributed by atoms with Crippen molar-refractivity contribution in [2.24, 2.45) is 0 Å². The lowest BCUT2D eigenvalue weighted by atomic mass is 10.1. The number of hydrogen-bond donors (Lipinski definition) is 2. The Balaban J connectivity index is 1.73. The van der Waals surface area contributed by atoms with Crippen LogP contribution in [0.3, 0.4) is 0 Å². The molecule has 0 saturated heterocycles. The minimum absolute atomic E-state index is 0.0813. The van der Waals surface area contributed by atoms with Crippen molar-refractivity contribution < 1.29 is 27.8 Å². The molecule has 0 aliphatic heterocycles. The van der Waals surface area contributed by atoms with Crippen LogP contribution in [-0.2, 0) is 11.2 Å². The molecule has 2 rings (SSSR count). The molecule has 0 atom stereocenters. The van der Waals surface area contributed by atoms with Crippen molar-refractivity contribution >= 4 is 11.8 Å². The van der Waals surface area contributed by atoms with Gasteiger partial charge in [0.05, 0.1) is 18.7 Å². The smallest absolute Gasteiger partial charge is 0.387 e. The summed E-state index contributed by atoms with van der Waals surface area (Å²) in [6, 6.07) is 13.0. The molecule has 0 radical (unpaired) electrons. The average molecular weight is 392 g/mol. The van der Waals surface area contributed by atoms with E-state index in [9.17, 15) is 18.4 Å². The first-order chi connectivity index (χ1) is 13.5. The summed E-state index contributed by atoms with van der Waals surface area (Å²) in [6.45, 7) is -0.428. The molecule has 2 aromatic carbocycles. The number of hydrogen-bond acceptors (Lipinski definition) is 4. The summed E-state index contributed by atoms with van der Waals surface area (Å²) in [5.41, 5.74) is 1.22. The van der Waals surface area contributed by atoms with Gasteiger partial charge in [-0.2, -0.15) is 8.78 Å². The fraction of sp³-hybridized carbons (Fsp3) is 0.300. The van der Waals surface area contributed by atoms with Crippen LogP contribution in [0.25, 0.3) is 0 Å². The number of benzene rings is 2. The van der Waals surface area contributed by atoms with Crippen LogP contribution in [0.15, 0.2) is 48.5 Å². The predicted octanol–water partition coefficient (Wildman–Crippen LogP) is 2.78. The van der Waals surface area contributed by atoms with E-state index in [0.717, 1.165) is 5.56 Å². The lowest BCUT2D eigenvalue weighted by Crippen LogP contribution is -2.37. The van der Waals surface area contributed by atoms with Crippen LogP contribution in [-0.4, -0.2) is 38.1 Å². The Bertz CT molecular complexity index is 782. The standard InChI is InChI=1S/C20H22F2N2O4/c1-2-27-17-6-4-3-5-16(17)19(26)24-13-18(25)23-12-11-14-7-9-15(10-8-14)28-20(21)22/h3-10,20H,2,11-13H2,1H3,(H,23,25)(H,24,26). The number of nitrogens with one attached hydrogen (secondary N) is 2. The Hall–Kier alpha value is -3.16. The van der Waals surface area contributed by atoms with Gasteiger partial charge in [0.15, 0.2) is 0 Å². The Morgan fingerprint density at radius 1 is 1.04 bits per heavy atom. The molecular weight excluding hydrogens is 370 g/mol. The zero-order valence-electron chi connectivity index (χ0n) is 15.4. The molecule has 28 heavy (non-hydrogen) atoms. The van der Waals surface area contributed by atoms with Gasteiger partial charge in [-0.1, -0.05) is 24.3 Å². The van der Waals surface area contributed by atoms with E-state index in [4.69, 9.17) is 4.74 Å². The second kappa shape index (κ2) is 10.9. The maximum Gasteiger partial charge on any atom is 0.387 e. The molecule has 0 saturated carbocycles. The highest BCUT2D eigenvalue weighted by Gasteiger charge is 2.12. The molecule has 0 bridgehead atoms. The molecule has 6 nitrogen and oxygen atoms in total. The van der Waals surface area contributed by atoms with Crippen LogP contribution >= 0.6 is 0 Å². The lowest BCUT2D eigenvalue weighted by molar-refractivity contribution is -0.120. The molecule has 0 aliphatic rings. The number of halogens is 2. The van der Waals surface area contributed by atoms with Crippen molar-refractivity contribution in [1.29, 1.82) is 0 Å². The van der Waals surface area contributed by atoms with Crippen molar-refractivity contribution in [3.8, 4) is 11.5 Å². The molecule has 0 aromatic heterocycles. The molecule has 150 valence electrons. The number of ether oxygens (including phenoxy) is 2. The van der Waals surface area contributed by atoms with E-state index < -0.39 is 12.5 Å². The van der Waals surface area contributed by atoms with E-state index in [1.165, 1.54) is 12.1 Å². The largest absolute Gasteiger partial charge is 0.493 e. The molecule has 2 N–H and O–H groups in total. The number of para-hydroxylation sites is 1. The third-order valence-corrected chi connectivity index (χ3v) is 3.73. The minimum Gasteiger partial charge on any atom is -0.493 e. The SMILES string of the molecule is CCOc1ccccc1C(=O)NCC(=O)NCCc1ccc(OC(F)F)cc1. The summed E-state index contributed by atoms with van der Waals surface area (Å²) < 4.78 is 33.9. The first kappa shape index (κ1) is 21.1. The first-order valence-corrected chi connectivity index (χ1v) is 8.80. The lowest BCUT2D eigenvalue weighted by Gasteiger charge is -2.11. The van der Waals surface area contributed by atoms with E-state index in [-0.39, 0.29) is 18.2 Å². The van der Waals surface area contributed by atoms with Gasteiger partial charge in [0.2, 0.25) is 5.91 Å². The Labute approximate surface area is 161 Å². The molecular formula is C20H22F2N2O4. The minimum atomic E-state index is -2.86. The fourth-order valence-electron chi connectivity index (χ4n) is 2.44. The Morgan fingerprint density at radius 2 is 1.75 bits per heavy atom. The van der Waals surface area contributed by atoms with Gasteiger partial charge in [-0.25, -0.2) is 0 Å². The average Bonchev–Trinajstić information content (AvgIpc) is 2.68. The van der Waals surface area contributed by atoms with E-state index in [1.54, 1.807) is 36.4 Å². The summed E-state index contributed by atoms with van der Waals surface area (Å²) in [4.78, 5) is 24.1. The number of alkyl halides is 2. The molecule has 0 fully saturated rings. The summed E-state index contributed by atoms with van der Waals surface area (Å²) in [5.74, 6) is -0.186. The third-order valence-electron chi connectivity index (χ3n) is 3.73. The summed E-state index contributed by atoms with van der Waals surface area (Å²) in [7, 11) is 0. The second-order valence-corrected chi connectivity index (χ2v) is 5.73. The maximum atomic E-state index is 12.2. The highest BCUT2D eigenvalue weighted by atomic mass is 19.3. The van der Waals surface area contributed by atoms with Gasteiger partial charge in [-0.15, -0.1) is 0 Å². The normalized spacial score (nSPS) is 10.4. The summed E-state index contributed by atoms with van der Waals surface area (Å²) >= 11 is 0. The number of rotatable bonds is 10. The highest BCUT2D eigenvalue weighted by molar-refractivity contribution is 5.98. The van der Waals surface area contributed by atoms with E-state index in [2.05, 4.69) is 15.4 Å². The quantitative estimate of drug-likeness (QED) is 0.652. The van der Waals surface area contributed by atoms with Crippen LogP contribution in [0, 0.1) is 0 Å². The Morgan fingerprint density at radius 3 is 2.43 bits per heavy atom. The zero-order chi connectivity index (χ0) is 20.4. The summed E-state index contributed by atoms with van der Waals surface area (Å²) in [6.07, 6.45) is 0.516. The molecule has 0 heterocycles. The number of carbonyl (C=O) groups is 2. The maximum absolute atomic E-state index is 12.2. The van der Waals surface area contributed by atoms with E-state index >= 15 is 0 Å². The summed E-state index contributed by atoms with van der Waals surface area (Å²) in [5, 5.41) is 5.24. The third kappa shape index (κ3) is 6.86. The second-order valence-electron chi connectivity index (χ2n) is 5.73. The molecule has 2 amide bonds. The zero-order valence-corrected chi connectivity index (χ0v) is 15.4. The number of amides is 2. The van der Waals surface area contributed by atoms with Crippen molar-refractivity contribution in [1.82, 2.24) is 10.6 Å². The predicted molar refractivity (Wildman–Crippen MR) is 99.7 cm³/mol. The van der Waals surface area contributed by atoms with E-state index in [1.807, 2.05) is 6.92 Å². The molecule has 0 unspecified atom stereocenters.